The van der Waals surface area contributed by atoms with Crippen molar-refractivity contribution in [1.82, 2.24) is 0 Å². The number of rotatable bonds is 5. The number of allylic oxidation sites excluding steroid dienone is 1. The highest BCUT2D eigenvalue weighted by atomic mass is 19.1. The molecule has 0 aliphatic rings. The first-order chi connectivity index (χ1) is 6.77. The highest BCUT2D eigenvalue weighted by Crippen LogP contribution is 2.19. The van der Waals surface area contributed by atoms with Crippen LogP contribution in [0.15, 0.2) is 30.9 Å². The Labute approximate surface area is 84.2 Å². The highest BCUT2D eigenvalue weighted by Gasteiger charge is 2.02. The summed E-state index contributed by atoms with van der Waals surface area (Å²) in [5.74, 6) is 0.0149. The largest absolute Gasteiger partial charge is 0.494 e. The van der Waals surface area contributed by atoms with E-state index in [-0.39, 0.29) is 5.82 Å². The van der Waals surface area contributed by atoms with Crippen LogP contribution in [0.3, 0.4) is 0 Å². The van der Waals surface area contributed by atoms with Crippen LogP contribution in [0.2, 0.25) is 0 Å². The monoisotopic (exact) mass is 194 g/mol. The Morgan fingerprint density at radius 1 is 1.50 bits per heavy atom. The fourth-order valence-corrected chi connectivity index (χ4v) is 1.31. The van der Waals surface area contributed by atoms with Crippen molar-refractivity contribution in [3.05, 3.63) is 42.2 Å². The van der Waals surface area contributed by atoms with Gasteiger partial charge in [-0.1, -0.05) is 12.1 Å². The second-order valence-corrected chi connectivity index (χ2v) is 3.15. The van der Waals surface area contributed by atoms with E-state index in [1.165, 1.54) is 13.2 Å². The van der Waals surface area contributed by atoms with Gasteiger partial charge < -0.3 is 4.74 Å². The van der Waals surface area contributed by atoms with Gasteiger partial charge in [-0.15, -0.1) is 6.58 Å². The summed E-state index contributed by atoms with van der Waals surface area (Å²) in [4.78, 5) is 0. The molecule has 0 saturated carbocycles. The van der Waals surface area contributed by atoms with Gasteiger partial charge >= 0.3 is 0 Å². The van der Waals surface area contributed by atoms with E-state index in [9.17, 15) is 4.39 Å². The predicted octanol–water partition coefficient (Wildman–Crippen LogP) is 3.34. The molecule has 1 aromatic rings. The second kappa shape index (κ2) is 5.43. The molecule has 0 spiro atoms. The maximum Gasteiger partial charge on any atom is 0.165 e. The van der Waals surface area contributed by atoms with Crippen LogP contribution in [-0.4, -0.2) is 7.11 Å². The van der Waals surface area contributed by atoms with E-state index in [0.717, 1.165) is 24.8 Å². The molecule has 0 unspecified atom stereocenters. The normalized spacial score (nSPS) is 9.86. The van der Waals surface area contributed by atoms with Crippen molar-refractivity contribution in [2.75, 3.05) is 7.11 Å². The molecular formula is C12H15FO. The van der Waals surface area contributed by atoms with Crippen molar-refractivity contribution in [3.63, 3.8) is 0 Å². The van der Waals surface area contributed by atoms with Crippen LogP contribution in [0.1, 0.15) is 18.4 Å². The Kier molecular flexibility index (Phi) is 4.17. The summed E-state index contributed by atoms with van der Waals surface area (Å²) in [6.45, 7) is 3.66. The third kappa shape index (κ3) is 2.87. The molecule has 0 aliphatic heterocycles. The van der Waals surface area contributed by atoms with Gasteiger partial charge in [-0.2, -0.15) is 0 Å². The van der Waals surface area contributed by atoms with Crippen LogP contribution in [-0.2, 0) is 6.42 Å². The lowest BCUT2D eigenvalue weighted by molar-refractivity contribution is 0.386. The molecule has 0 radical (unpaired) electrons. The van der Waals surface area contributed by atoms with Gasteiger partial charge in [-0.05, 0) is 37.0 Å². The molecule has 0 amide bonds. The first kappa shape index (κ1) is 10.8. The van der Waals surface area contributed by atoms with Crippen molar-refractivity contribution < 1.29 is 9.13 Å². The zero-order valence-corrected chi connectivity index (χ0v) is 8.42. The van der Waals surface area contributed by atoms with Gasteiger partial charge in [0.05, 0.1) is 7.11 Å². The van der Waals surface area contributed by atoms with E-state index < -0.39 is 0 Å². The van der Waals surface area contributed by atoms with Crippen molar-refractivity contribution in [2.24, 2.45) is 0 Å². The Bertz CT molecular complexity index is 307. The molecule has 2 heteroatoms. The highest BCUT2D eigenvalue weighted by molar-refractivity contribution is 5.30. The maximum atomic E-state index is 13.0. The van der Waals surface area contributed by atoms with Crippen LogP contribution < -0.4 is 4.74 Å². The van der Waals surface area contributed by atoms with Gasteiger partial charge in [-0.3, -0.25) is 0 Å². The van der Waals surface area contributed by atoms with Crippen LogP contribution in [0.5, 0.6) is 5.75 Å². The quantitative estimate of drug-likeness (QED) is 0.516. The smallest absolute Gasteiger partial charge is 0.165 e. The van der Waals surface area contributed by atoms with Gasteiger partial charge in [0, 0.05) is 0 Å². The van der Waals surface area contributed by atoms with Crippen LogP contribution in [0.25, 0.3) is 0 Å². The number of unbranched alkanes of at least 4 members (excludes halogenated alkanes) is 1. The van der Waals surface area contributed by atoms with Gasteiger partial charge in [0.2, 0.25) is 0 Å². The summed E-state index contributed by atoms with van der Waals surface area (Å²) in [5.41, 5.74) is 1.10. The molecule has 0 fully saturated rings. The number of hydrogen-bond donors (Lipinski definition) is 0. The molecule has 0 atom stereocenters. The minimum Gasteiger partial charge on any atom is -0.494 e. The van der Waals surface area contributed by atoms with E-state index in [1.807, 2.05) is 6.08 Å². The summed E-state index contributed by atoms with van der Waals surface area (Å²) >= 11 is 0. The lowest BCUT2D eigenvalue weighted by atomic mass is 10.1. The summed E-state index contributed by atoms with van der Waals surface area (Å²) in [5, 5.41) is 0. The molecule has 1 rings (SSSR count). The number of hydrogen-bond acceptors (Lipinski definition) is 1. The molecule has 0 aliphatic carbocycles. The summed E-state index contributed by atoms with van der Waals surface area (Å²) < 4.78 is 17.9. The zero-order valence-electron chi connectivity index (χ0n) is 8.42. The summed E-state index contributed by atoms with van der Waals surface area (Å²) in [7, 11) is 1.48. The van der Waals surface area contributed by atoms with Crippen LogP contribution >= 0.6 is 0 Å². The van der Waals surface area contributed by atoms with Gasteiger partial charge in [-0.25, -0.2) is 4.39 Å². The summed E-state index contributed by atoms with van der Waals surface area (Å²) in [6, 6.07) is 4.99. The van der Waals surface area contributed by atoms with Gasteiger partial charge in [0.25, 0.3) is 0 Å². The van der Waals surface area contributed by atoms with E-state index in [1.54, 1.807) is 12.1 Å². The number of halogens is 1. The third-order valence-electron chi connectivity index (χ3n) is 2.09. The van der Waals surface area contributed by atoms with Crippen molar-refractivity contribution in [2.45, 2.75) is 19.3 Å². The lowest BCUT2D eigenvalue weighted by Gasteiger charge is -2.04. The van der Waals surface area contributed by atoms with Crippen LogP contribution in [0, 0.1) is 5.82 Å². The number of methoxy groups -OCH3 is 1. The Balaban J connectivity index is 2.64. The minimum atomic E-state index is -0.306. The fraction of sp³-hybridized carbons (Fsp3) is 0.333. The first-order valence-corrected chi connectivity index (χ1v) is 4.71. The van der Waals surface area contributed by atoms with Crippen molar-refractivity contribution >= 4 is 0 Å². The Morgan fingerprint density at radius 3 is 2.93 bits per heavy atom. The van der Waals surface area contributed by atoms with E-state index in [2.05, 4.69) is 6.58 Å². The third-order valence-corrected chi connectivity index (χ3v) is 2.09. The van der Waals surface area contributed by atoms with Crippen molar-refractivity contribution in [3.8, 4) is 5.75 Å². The molecule has 14 heavy (non-hydrogen) atoms. The zero-order chi connectivity index (χ0) is 10.4. The molecule has 1 nitrogen and oxygen atoms in total. The lowest BCUT2D eigenvalue weighted by Crippen LogP contribution is -1.91. The average molecular weight is 194 g/mol. The molecule has 0 heterocycles. The molecule has 0 bridgehead atoms. The second-order valence-electron chi connectivity index (χ2n) is 3.15. The predicted molar refractivity (Wildman–Crippen MR) is 56.1 cm³/mol. The van der Waals surface area contributed by atoms with Crippen LogP contribution in [0.4, 0.5) is 4.39 Å². The Hall–Kier alpha value is -1.31. The molecule has 1 aromatic carbocycles. The van der Waals surface area contributed by atoms with E-state index in [4.69, 9.17) is 4.74 Å². The molecule has 76 valence electrons. The van der Waals surface area contributed by atoms with Crippen molar-refractivity contribution in [1.29, 1.82) is 0 Å². The van der Waals surface area contributed by atoms with Gasteiger partial charge in [0.15, 0.2) is 11.6 Å². The average Bonchev–Trinajstić information content (AvgIpc) is 2.21. The molecule has 0 aromatic heterocycles. The SMILES string of the molecule is C=CCCCc1ccc(F)c(OC)c1. The molecular weight excluding hydrogens is 179 g/mol. The standard InChI is InChI=1S/C12H15FO/c1-3-4-5-6-10-7-8-11(13)12(9-10)14-2/h3,7-9H,1,4-6H2,2H3. The van der Waals surface area contributed by atoms with Gasteiger partial charge in [0.1, 0.15) is 0 Å². The van der Waals surface area contributed by atoms with E-state index in [0.29, 0.717) is 5.75 Å². The fourth-order valence-electron chi connectivity index (χ4n) is 1.31. The molecule has 0 saturated heterocycles. The molecule has 0 N–H and O–H groups in total. The minimum absolute atomic E-state index is 0.306. The summed E-state index contributed by atoms with van der Waals surface area (Å²) in [6.07, 6.45) is 4.85. The number of benzene rings is 1. The first-order valence-electron chi connectivity index (χ1n) is 4.71. The number of ether oxygens (including phenoxy) is 1. The van der Waals surface area contributed by atoms with E-state index >= 15 is 0 Å². The topological polar surface area (TPSA) is 9.23 Å². The Morgan fingerprint density at radius 2 is 2.29 bits per heavy atom. The number of aryl methyl sites for hydroxylation is 1. The maximum absolute atomic E-state index is 13.0.